The maximum absolute atomic E-state index is 12.1. The van der Waals surface area contributed by atoms with Crippen LogP contribution in [-0.2, 0) is 4.79 Å². The summed E-state index contributed by atoms with van der Waals surface area (Å²) in [5.41, 5.74) is 0.118. The molecule has 0 aliphatic rings. The second-order valence-corrected chi connectivity index (χ2v) is 3.87. The van der Waals surface area contributed by atoms with Gasteiger partial charge in [-0.05, 0) is 0 Å². The fourth-order valence-corrected chi connectivity index (χ4v) is 1.66. The van der Waals surface area contributed by atoms with Crippen LogP contribution < -0.4 is 0 Å². The van der Waals surface area contributed by atoms with Gasteiger partial charge in [0.05, 0.1) is 0 Å². The maximum atomic E-state index is 12.1. The largest absolute Gasteiger partial charge is 0.288 e. The van der Waals surface area contributed by atoms with Crippen LogP contribution in [0.2, 0.25) is 0 Å². The third kappa shape index (κ3) is 2.73. The van der Waals surface area contributed by atoms with Gasteiger partial charge in [0.15, 0.2) is 5.57 Å². The average molecular weight is 251 g/mol. The zero-order valence-electron chi connectivity index (χ0n) is 10.00. The Balaban J connectivity index is 2.35. The molecular formula is C16H10O3. The van der Waals surface area contributed by atoms with E-state index in [1.165, 1.54) is 5.94 Å². The first-order valence-electron chi connectivity index (χ1n) is 5.68. The summed E-state index contributed by atoms with van der Waals surface area (Å²) in [6.07, 6.45) is 0. The van der Waals surface area contributed by atoms with Crippen LogP contribution in [0.4, 0.5) is 0 Å². The van der Waals surface area contributed by atoms with E-state index in [-0.39, 0.29) is 0 Å². The number of rotatable bonds is 4. The molecule has 0 unspecified atom stereocenters. The number of carbonyl (C=O) groups excluding carboxylic acids is 3. The van der Waals surface area contributed by atoms with Gasteiger partial charge in [0.2, 0.25) is 11.6 Å². The summed E-state index contributed by atoms with van der Waals surface area (Å²) in [5, 5.41) is 0. The standard InChI is InChI=1S/C16H10O3/c17-11-14(15(18)12-7-3-1-4-8-12)16(19)13-9-5-2-6-10-13/h1-10H/i11+1. The molecule has 0 radical (unpaired) electrons. The maximum Gasteiger partial charge on any atom is 0.208 e. The molecule has 0 aliphatic carbocycles. The summed E-state index contributed by atoms with van der Waals surface area (Å²) in [7, 11) is 0. The Kier molecular flexibility index (Phi) is 3.81. The van der Waals surface area contributed by atoms with Gasteiger partial charge >= 0.3 is 0 Å². The molecule has 0 N–H and O–H groups in total. The molecule has 2 rings (SSSR count). The summed E-state index contributed by atoms with van der Waals surface area (Å²) in [6.45, 7) is 0. The van der Waals surface area contributed by atoms with Gasteiger partial charge in [-0.3, -0.25) is 9.59 Å². The average Bonchev–Trinajstić information content (AvgIpc) is 2.49. The normalized spacial score (nSPS) is 9.47. The molecule has 0 aromatic heterocycles. The lowest BCUT2D eigenvalue weighted by Gasteiger charge is -2.02. The van der Waals surface area contributed by atoms with Gasteiger partial charge < -0.3 is 0 Å². The molecule has 0 saturated carbocycles. The van der Waals surface area contributed by atoms with Crippen molar-refractivity contribution in [3.05, 3.63) is 77.4 Å². The predicted octanol–water partition coefficient (Wildman–Crippen LogP) is 2.51. The highest BCUT2D eigenvalue weighted by Gasteiger charge is 2.22. The van der Waals surface area contributed by atoms with Crippen LogP contribution in [0.5, 0.6) is 0 Å². The Labute approximate surface area is 110 Å². The molecule has 0 spiro atoms. The van der Waals surface area contributed by atoms with E-state index in [9.17, 15) is 14.4 Å². The van der Waals surface area contributed by atoms with Crippen LogP contribution >= 0.6 is 0 Å². The molecule has 0 atom stereocenters. The molecule has 2 aromatic carbocycles. The third-order valence-corrected chi connectivity index (χ3v) is 2.63. The van der Waals surface area contributed by atoms with E-state index in [1.807, 2.05) is 0 Å². The van der Waals surface area contributed by atoms with E-state index in [4.69, 9.17) is 0 Å². The Morgan fingerprint density at radius 3 is 1.37 bits per heavy atom. The number of Topliss-reactive ketones (excluding diaryl/α,β-unsaturated/α-hetero) is 2. The van der Waals surface area contributed by atoms with Crippen molar-refractivity contribution >= 4 is 17.5 Å². The molecule has 92 valence electrons. The Hall–Kier alpha value is -2.77. The van der Waals surface area contributed by atoms with Gasteiger partial charge in [-0.15, -0.1) is 0 Å². The summed E-state index contributed by atoms with van der Waals surface area (Å²) in [5.74, 6) is 0.252. The zero-order chi connectivity index (χ0) is 13.7. The number of benzene rings is 2. The van der Waals surface area contributed by atoms with Crippen molar-refractivity contribution < 1.29 is 14.4 Å². The van der Waals surface area contributed by atoms with Gasteiger partial charge in [0.25, 0.3) is 0 Å². The lowest BCUT2D eigenvalue weighted by molar-refractivity contribution is 0.0965. The summed E-state index contributed by atoms with van der Waals surface area (Å²) in [4.78, 5) is 35.1. The van der Waals surface area contributed by atoms with Crippen LogP contribution in [0.1, 0.15) is 20.7 Å². The zero-order valence-corrected chi connectivity index (χ0v) is 10.00. The number of carbonyl (C=O) groups is 2. The third-order valence-electron chi connectivity index (χ3n) is 2.63. The van der Waals surface area contributed by atoms with E-state index in [1.54, 1.807) is 60.7 Å². The number of hydrogen-bond acceptors (Lipinski definition) is 3. The molecule has 3 heteroatoms. The highest BCUT2D eigenvalue weighted by Crippen LogP contribution is 2.12. The molecular weight excluding hydrogens is 241 g/mol. The predicted molar refractivity (Wildman–Crippen MR) is 70.8 cm³/mol. The van der Waals surface area contributed by atoms with Crippen molar-refractivity contribution in [2.75, 3.05) is 0 Å². The minimum Gasteiger partial charge on any atom is -0.288 e. The van der Waals surface area contributed by atoms with Crippen molar-refractivity contribution in [3.63, 3.8) is 0 Å². The lowest BCUT2D eigenvalue weighted by atomic mass is 9.99. The van der Waals surface area contributed by atoms with E-state index in [0.717, 1.165) is 0 Å². The van der Waals surface area contributed by atoms with E-state index in [0.29, 0.717) is 11.1 Å². The number of hydrogen-bond donors (Lipinski definition) is 0. The fraction of sp³-hybridized carbons (Fsp3) is 0. The fourth-order valence-electron chi connectivity index (χ4n) is 1.66. The molecule has 0 aliphatic heterocycles. The summed E-state index contributed by atoms with van der Waals surface area (Å²) >= 11 is 0. The van der Waals surface area contributed by atoms with E-state index < -0.39 is 17.1 Å². The number of allylic oxidation sites excluding steroid dienone is 1. The highest BCUT2D eigenvalue weighted by atomic mass is 16.2. The Morgan fingerprint density at radius 2 is 1.05 bits per heavy atom. The van der Waals surface area contributed by atoms with Crippen molar-refractivity contribution in [2.45, 2.75) is 0 Å². The highest BCUT2D eigenvalue weighted by molar-refractivity contribution is 6.35. The van der Waals surface area contributed by atoms with Crippen molar-refractivity contribution in [2.24, 2.45) is 0 Å². The monoisotopic (exact) mass is 251 g/mol. The van der Waals surface area contributed by atoms with E-state index in [2.05, 4.69) is 0 Å². The van der Waals surface area contributed by atoms with Crippen LogP contribution in [-0.4, -0.2) is 17.5 Å². The quantitative estimate of drug-likeness (QED) is 0.209. The first-order chi connectivity index (χ1) is 9.24. The van der Waals surface area contributed by atoms with Gasteiger partial charge in [0, 0.05) is 11.1 Å². The molecule has 3 nitrogen and oxygen atoms in total. The van der Waals surface area contributed by atoms with Crippen LogP contribution in [0, 0.1) is 0 Å². The van der Waals surface area contributed by atoms with E-state index >= 15 is 0 Å². The summed E-state index contributed by atoms with van der Waals surface area (Å²) in [6, 6.07) is 16.4. The molecule has 0 fully saturated rings. The molecule has 0 heterocycles. The Morgan fingerprint density at radius 1 is 0.684 bits per heavy atom. The topological polar surface area (TPSA) is 51.2 Å². The molecule has 0 bridgehead atoms. The van der Waals surface area contributed by atoms with Gasteiger partial charge in [0.1, 0.15) is 5.94 Å². The lowest BCUT2D eigenvalue weighted by Crippen LogP contribution is -2.14. The van der Waals surface area contributed by atoms with Crippen molar-refractivity contribution in [1.29, 1.82) is 0 Å². The van der Waals surface area contributed by atoms with Crippen LogP contribution in [0.15, 0.2) is 66.2 Å². The molecule has 2 aromatic rings. The first kappa shape index (κ1) is 12.7. The van der Waals surface area contributed by atoms with Gasteiger partial charge in [-0.2, -0.15) is 0 Å². The smallest absolute Gasteiger partial charge is 0.208 e. The SMILES string of the molecule is O=[13C]=C(C(=O)c1ccccc1)C(=O)c1ccccc1. The second-order valence-electron chi connectivity index (χ2n) is 3.87. The van der Waals surface area contributed by atoms with Gasteiger partial charge in [-0.1, -0.05) is 60.7 Å². The minimum absolute atomic E-state index is 0.296. The van der Waals surface area contributed by atoms with Crippen LogP contribution in [0.25, 0.3) is 0 Å². The Bertz CT molecular complexity index is 597. The van der Waals surface area contributed by atoms with Crippen molar-refractivity contribution in [3.8, 4) is 0 Å². The molecule has 0 amide bonds. The van der Waals surface area contributed by atoms with Gasteiger partial charge in [-0.25, -0.2) is 4.79 Å². The molecule has 19 heavy (non-hydrogen) atoms. The molecule has 0 saturated heterocycles. The van der Waals surface area contributed by atoms with Crippen LogP contribution in [0.3, 0.4) is 0 Å². The first-order valence-corrected chi connectivity index (χ1v) is 5.68. The van der Waals surface area contributed by atoms with Crippen molar-refractivity contribution in [1.82, 2.24) is 0 Å². The minimum atomic E-state index is -0.607. The summed E-state index contributed by atoms with van der Waals surface area (Å²) < 4.78 is 0. The second kappa shape index (κ2) is 5.71. The number of ketones is 2.